The molecule has 2 aromatic heterocycles. The summed E-state index contributed by atoms with van der Waals surface area (Å²) in [6, 6.07) is 1.83. The van der Waals surface area contributed by atoms with Crippen LogP contribution in [0.15, 0.2) is 18.6 Å². The first-order valence-electron chi connectivity index (χ1n) is 11.2. The van der Waals surface area contributed by atoms with E-state index in [9.17, 15) is 4.79 Å². The topological polar surface area (TPSA) is 57.0 Å². The molecule has 2 aromatic rings. The molecular weight excluding hydrogens is 386 g/mol. The Balaban J connectivity index is 1.37. The zero-order chi connectivity index (χ0) is 20.7. The lowest BCUT2D eigenvalue weighted by atomic mass is 10.0. The van der Waals surface area contributed by atoms with Crippen LogP contribution >= 0.6 is 11.6 Å². The largest absolute Gasteiger partial charge is 0.469 e. The molecule has 6 heteroatoms. The third kappa shape index (κ3) is 9.16. The fraction of sp³-hybridized carbons (Fsp3) is 0.696. The number of carbonyl (C=O) groups is 1. The summed E-state index contributed by atoms with van der Waals surface area (Å²) in [5.41, 5.74) is 1.69. The highest BCUT2D eigenvalue weighted by atomic mass is 35.5. The normalized spacial score (nSPS) is 11.2. The summed E-state index contributed by atoms with van der Waals surface area (Å²) in [6.45, 7) is 0.960. The van der Waals surface area contributed by atoms with E-state index < -0.39 is 0 Å². The van der Waals surface area contributed by atoms with E-state index in [-0.39, 0.29) is 5.97 Å². The molecule has 0 N–H and O–H groups in total. The number of aromatic nitrogens is 3. The van der Waals surface area contributed by atoms with Gasteiger partial charge in [-0.2, -0.15) is 0 Å². The summed E-state index contributed by atoms with van der Waals surface area (Å²) in [5.74, 6) is -0.0816. The molecule has 0 saturated carbocycles. The number of imidazole rings is 1. The Labute approximate surface area is 180 Å². The number of fused-ring (bicyclic) bond motifs is 1. The second-order valence-corrected chi connectivity index (χ2v) is 8.23. The van der Waals surface area contributed by atoms with Crippen molar-refractivity contribution in [3.63, 3.8) is 0 Å². The number of unbranched alkanes of at least 4 members (excludes halogenated alkanes) is 12. The minimum absolute atomic E-state index is 0.0816. The van der Waals surface area contributed by atoms with Gasteiger partial charge in [0.2, 0.25) is 0 Å². The van der Waals surface area contributed by atoms with Gasteiger partial charge < -0.3 is 9.30 Å². The van der Waals surface area contributed by atoms with Crippen LogP contribution in [0.25, 0.3) is 11.2 Å². The Morgan fingerprint density at radius 2 is 1.45 bits per heavy atom. The molecule has 2 heterocycles. The second kappa shape index (κ2) is 14.4. The van der Waals surface area contributed by atoms with E-state index in [0.717, 1.165) is 42.0 Å². The fourth-order valence-corrected chi connectivity index (χ4v) is 3.98. The number of pyridine rings is 1. The number of carbonyl (C=O) groups excluding carboxylic acids is 1. The van der Waals surface area contributed by atoms with E-state index in [1.54, 1.807) is 6.20 Å². The number of esters is 1. The number of hydrogen-bond acceptors (Lipinski definition) is 4. The first-order chi connectivity index (χ1) is 14.2. The highest BCUT2D eigenvalue weighted by Crippen LogP contribution is 2.21. The summed E-state index contributed by atoms with van der Waals surface area (Å²) < 4.78 is 6.78. The van der Waals surface area contributed by atoms with Crippen LogP contribution in [0.5, 0.6) is 0 Å². The van der Waals surface area contributed by atoms with Gasteiger partial charge in [-0.3, -0.25) is 4.79 Å². The smallest absolute Gasteiger partial charge is 0.305 e. The molecule has 0 amide bonds. The third-order valence-corrected chi connectivity index (χ3v) is 5.77. The molecule has 29 heavy (non-hydrogen) atoms. The standard InChI is InChI=1S/C23H36ClN3O2/c1-29-21(28)15-13-11-9-7-5-3-2-4-6-8-10-12-14-18-27-19-26-23-22(27)20(24)16-17-25-23/h16-17,19H,2-15,18H2,1H3. The van der Waals surface area contributed by atoms with Gasteiger partial charge in [0.05, 0.1) is 18.5 Å². The van der Waals surface area contributed by atoms with Gasteiger partial charge in [-0.05, 0) is 18.9 Å². The number of halogens is 1. The molecule has 0 bridgehead atoms. The van der Waals surface area contributed by atoms with Crippen molar-refractivity contribution < 1.29 is 9.53 Å². The monoisotopic (exact) mass is 421 g/mol. The quantitative estimate of drug-likeness (QED) is 0.223. The average Bonchev–Trinajstić information content (AvgIpc) is 3.15. The Hall–Kier alpha value is -1.62. The lowest BCUT2D eigenvalue weighted by Crippen LogP contribution is -1.99. The number of aryl methyl sites for hydroxylation is 1. The SMILES string of the molecule is COC(=O)CCCCCCCCCCCCCCCn1cnc2nccc(Cl)c21. The molecule has 0 unspecified atom stereocenters. The minimum atomic E-state index is -0.0816. The zero-order valence-corrected chi connectivity index (χ0v) is 18.6. The molecule has 0 aromatic carbocycles. The van der Waals surface area contributed by atoms with Crippen LogP contribution in [0.1, 0.15) is 89.9 Å². The molecule has 0 saturated heterocycles. The fourth-order valence-electron chi connectivity index (χ4n) is 3.73. The third-order valence-electron chi connectivity index (χ3n) is 5.47. The van der Waals surface area contributed by atoms with Crippen molar-refractivity contribution in [2.75, 3.05) is 7.11 Å². The molecule has 5 nitrogen and oxygen atoms in total. The minimum Gasteiger partial charge on any atom is -0.469 e. The summed E-state index contributed by atoms with van der Waals surface area (Å²) in [5, 5.41) is 0.730. The van der Waals surface area contributed by atoms with E-state index in [2.05, 4.69) is 19.3 Å². The van der Waals surface area contributed by atoms with Gasteiger partial charge in [-0.25, -0.2) is 9.97 Å². The molecular formula is C23H36ClN3O2. The van der Waals surface area contributed by atoms with Gasteiger partial charge in [0.15, 0.2) is 5.65 Å². The second-order valence-electron chi connectivity index (χ2n) is 7.83. The number of hydrogen-bond donors (Lipinski definition) is 0. The zero-order valence-electron chi connectivity index (χ0n) is 17.9. The van der Waals surface area contributed by atoms with Gasteiger partial charge in [-0.1, -0.05) is 82.2 Å². The van der Waals surface area contributed by atoms with Crippen LogP contribution < -0.4 is 0 Å². The average molecular weight is 422 g/mol. The van der Waals surface area contributed by atoms with E-state index in [4.69, 9.17) is 11.6 Å². The molecule has 0 atom stereocenters. The molecule has 0 aliphatic heterocycles. The van der Waals surface area contributed by atoms with Crippen molar-refractivity contribution >= 4 is 28.7 Å². The van der Waals surface area contributed by atoms with Crippen LogP contribution in [0.4, 0.5) is 0 Å². The highest BCUT2D eigenvalue weighted by molar-refractivity contribution is 6.34. The van der Waals surface area contributed by atoms with Gasteiger partial charge in [0, 0.05) is 19.2 Å². The lowest BCUT2D eigenvalue weighted by Gasteiger charge is -2.06. The Bertz CT molecular complexity index is 717. The van der Waals surface area contributed by atoms with Crippen molar-refractivity contribution in [1.82, 2.24) is 14.5 Å². The maximum absolute atomic E-state index is 11.0. The lowest BCUT2D eigenvalue weighted by molar-refractivity contribution is -0.140. The predicted molar refractivity (Wildman–Crippen MR) is 119 cm³/mol. The summed E-state index contributed by atoms with van der Waals surface area (Å²) in [6.07, 6.45) is 20.6. The van der Waals surface area contributed by atoms with Crippen LogP contribution in [-0.2, 0) is 16.1 Å². The van der Waals surface area contributed by atoms with Crippen molar-refractivity contribution in [2.24, 2.45) is 0 Å². The molecule has 0 fully saturated rings. The summed E-state index contributed by atoms with van der Waals surface area (Å²) >= 11 is 6.27. The molecule has 162 valence electrons. The summed E-state index contributed by atoms with van der Waals surface area (Å²) in [4.78, 5) is 19.6. The van der Waals surface area contributed by atoms with Gasteiger partial charge in [0.1, 0.15) is 5.52 Å². The van der Waals surface area contributed by atoms with Crippen LogP contribution in [0.3, 0.4) is 0 Å². The van der Waals surface area contributed by atoms with Gasteiger partial charge in [0.25, 0.3) is 0 Å². The maximum Gasteiger partial charge on any atom is 0.305 e. The van der Waals surface area contributed by atoms with Gasteiger partial charge in [-0.15, -0.1) is 0 Å². The first-order valence-corrected chi connectivity index (χ1v) is 11.6. The molecule has 0 radical (unpaired) electrons. The van der Waals surface area contributed by atoms with Crippen molar-refractivity contribution in [3.05, 3.63) is 23.6 Å². The first kappa shape index (κ1) is 23.7. The van der Waals surface area contributed by atoms with E-state index in [1.165, 1.54) is 71.3 Å². The van der Waals surface area contributed by atoms with Crippen LogP contribution in [-0.4, -0.2) is 27.6 Å². The van der Waals surface area contributed by atoms with Crippen molar-refractivity contribution in [3.8, 4) is 0 Å². The maximum atomic E-state index is 11.0. The Kier molecular flexibility index (Phi) is 11.7. The van der Waals surface area contributed by atoms with Crippen LogP contribution in [0.2, 0.25) is 5.02 Å². The number of ether oxygens (including phenoxy) is 1. The highest BCUT2D eigenvalue weighted by Gasteiger charge is 2.07. The number of nitrogens with zero attached hydrogens (tertiary/aromatic N) is 3. The van der Waals surface area contributed by atoms with Crippen molar-refractivity contribution in [1.29, 1.82) is 0 Å². The van der Waals surface area contributed by atoms with E-state index >= 15 is 0 Å². The van der Waals surface area contributed by atoms with Gasteiger partial charge >= 0.3 is 5.97 Å². The molecule has 0 aliphatic rings. The number of rotatable bonds is 16. The van der Waals surface area contributed by atoms with Crippen molar-refractivity contribution in [2.45, 2.75) is 96.4 Å². The predicted octanol–water partition coefficient (Wildman–Crippen LogP) is 6.72. The van der Waals surface area contributed by atoms with E-state index in [1.807, 2.05) is 12.4 Å². The Morgan fingerprint density at radius 3 is 2.03 bits per heavy atom. The van der Waals surface area contributed by atoms with Crippen LogP contribution in [0, 0.1) is 0 Å². The Morgan fingerprint density at radius 1 is 0.897 bits per heavy atom. The van der Waals surface area contributed by atoms with E-state index in [0.29, 0.717) is 6.42 Å². The number of methoxy groups -OCH3 is 1. The molecule has 0 spiro atoms. The molecule has 0 aliphatic carbocycles. The molecule has 2 rings (SSSR count). The summed E-state index contributed by atoms with van der Waals surface area (Å²) in [7, 11) is 1.46.